The molecule has 0 aliphatic carbocycles. The maximum absolute atomic E-state index is 11.1. The number of nitroso groups, excluding NO2 is 1. The Morgan fingerprint density at radius 2 is 2.00 bits per heavy atom. The van der Waals surface area contributed by atoms with E-state index >= 15 is 0 Å². The molecule has 0 aliphatic heterocycles. The van der Waals surface area contributed by atoms with Crippen LogP contribution in [0.1, 0.15) is 13.3 Å². The van der Waals surface area contributed by atoms with Gasteiger partial charge in [0.25, 0.3) is 0 Å². The first-order valence-corrected chi connectivity index (χ1v) is 5.46. The number of ether oxygens (including phenoxy) is 1. The van der Waals surface area contributed by atoms with Crippen molar-refractivity contribution in [3.05, 3.63) is 29.2 Å². The molecule has 0 bridgehead atoms. The molecule has 0 amide bonds. The van der Waals surface area contributed by atoms with Crippen LogP contribution in [0.2, 0.25) is 0 Å². The van der Waals surface area contributed by atoms with E-state index in [1.807, 2.05) is 24.0 Å². The first-order chi connectivity index (χ1) is 8.21. The molecule has 0 N–H and O–H groups in total. The van der Waals surface area contributed by atoms with Crippen LogP contribution in [0.25, 0.3) is 0 Å². The van der Waals surface area contributed by atoms with Gasteiger partial charge >= 0.3 is 5.97 Å². The van der Waals surface area contributed by atoms with E-state index in [-0.39, 0.29) is 5.97 Å². The van der Waals surface area contributed by atoms with Gasteiger partial charge in [0, 0.05) is 18.8 Å². The van der Waals surface area contributed by atoms with Crippen molar-refractivity contribution in [2.45, 2.75) is 13.3 Å². The molecule has 1 aromatic rings. The molecule has 1 aromatic carbocycles. The first-order valence-electron chi connectivity index (χ1n) is 5.46. The average molecular weight is 236 g/mol. The van der Waals surface area contributed by atoms with Gasteiger partial charge in [0.05, 0.1) is 13.5 Å². The van der Waals surface area contributed by atoms with E-state index in [1.165, 1.54) is 7.11 Å². The van der Waals surface area contributed by atoms with Crippen molar-refractivity contribution >= 4 is 17.3 Å². The maximum atomic E-state index is 11.1. The third-order valence-corrected chi connectivity index (χ3v) is 2.52. The number of hydrogen-bond acceptors (Lipinski definition) is 5. The average Bonchev–Trinajstić information content (AvgIpc) is 2.39. The number of esters is 1. The zero-order chi connectivity index (χ0) is 12.7. The van der Waals surface area contributed by atoms with Gasteiger partial charge in [-0.05, 0) is 36.4 Å². The zero-order valence-electron chi connectivity index (χ0n) is 10.0. The van der Waals surface area contributed by atoms with Crippen molar-refractivity contribution in [3.63, 3.8) is 0 Å². The van der Waals surface area contributed by atoms with Gasteiger partial charge in [-0.25, -0.2) is 0 Å². The second-order valence-electron chi connectivity index (χ2n) is 3.51. The van der Waals surface area contributed by atoms with Crippen LogP contribution in [0, 0.1) is 4.91 Å². The van der Waals surface area contributed by atoms with Crippen LogP contribution in [0.15, 0.2) is 29.4 Å². The van der Waals surface area contributed by atoms with E-state index in [9.17, 15) is 9.70 Å². The molecule has 0 unspecified atom stereocenters. The van der Waals surface area contributed by atoms with Crippen molar-refractivity contribution in [3.8, 4) is 0 Å². The van der Waals surface area contributed by atoms with Gasteiger partial charge in [0.15, 0.2) is 0 Å². The molecular formula is C12H16N2O3. The SMILES string of the molecule is CCN(CCC(=O)OC)c1ccc(N=O)cc1. The van der Waals surface area contributed by atoms with E-state index in [2.05, 4.69) is 9.91 Å². The van der Waals surface area contributed by atoms with Crippen molar-refractivity contribution in [1.82, 2.24) is 0 Å². The van der Waals surface area contributed by atoms with Crippen LogP contribution in [0.5, 0.6) is 0 Å². The van der Waals surface area contributed by atoms with Gasteiger partial charge in [-0.1, -0.05) is 0 Å². The third kappa shape index (κ3) is 3.86. The lowest BCUT2D eigenvalue weighted by Gasteiger charge is -2.22. The Labute approximate surface area is 100 Å². The molecule has 17 heavy (non-hydrogen) atoms. The molecule has 92 valence electrons. The fourth-order valence-corrected chi connectivity index (χ4v) is 1.52. The minimum atomic E-state index is -0.227. The predicted molar refractivity (Wildman–Crippen MR) is 66.4 cm³/mol. The number of benzene rings is 1. The number of hydrogen-bond donors (Lipinski definition) is 0. The lowest BCUT2D eigenvalue weighted by atomic mass is 10.2. The standard InChI is InChI=1S/C12H16N2O3/c1-3-14(9-8-12(15)17-2)11-6-4-10(13-16)5-7-11/h4-7H,3,8-9H2,1-2H3. The molecule has 0 saturated heterocycles. The van der Waals surface area contributed by atoms with Crippen LogP contribution >= 0.6 is 0 Å². The highest BCUT2D eigenvalue weighted by molar-refractivity contribution is 5.70. The Morgan fingerprint density at radius 1 is 1.35 bits per heavy atom. The summed E-state index contributed by atoms with van der Waals surface area (Å²) in [6, 6.07) is 6.95. The summed E-state index contributed by atoms with van der Waals surface area (Å²) in [7, 11) is 1.38. The molecule has 0 aliphatic rings. The number of rotatable bonds is 6. The molecule has 5 heteroatoms. The van der Waals surface area contributed by atoms with E-state index in [0.717, 1.165) is 12.2 Å². The Hall–Kier alpha value is -1.91. The Balaban J connectivity index is 2.65. The molecule has 0 spiro atoms. The molecule has 1 rings (SSSR count). The molecule has 0 atom stereocenters. The van der Waals surface area contributed by atoms with Gasteiger partial charge in [0.2, 0.25) is 0 Å². The summed E-state index contributed by atoms with van der Waals surface area (Å²) in [5.41, 5.74) is 1.36. The van der Waals surface area contributed by atoms with Crippen molar-refractivity contribution < 1.29 is 9.53 Å². The fraction of sp³-hybridized carbons (Fsp3) is 0.417. The molecule has 0 radical (unpaired) electrons. The van der Waals surface area contributed by atoms with E-state index in [0.29, 0.717) is 18.7 Å². The Bertz CT molecular complexity index is 376. The van der Waals surface area contributed by atoms with Gasteiger partial charge < -0.3 is 9.64 Å². The largest absolute Gasteiger partial charge is 0.469 e. The number of carbonyl (C=O) groups is 1. The highest BCUT2D eigenvalue weighted by Gasteiger charge is 2.07. The number of nitrogens with zero attached hydrogens (tertiary/aromatic N) is 2. The minimum Gasteiger partial charge on any atom is -0.469 e. The highest BCUT2D eigenvalue weighted by atomic mass is 16.5. The smallest absolute Gasteiger partial charge is 0.307 e. The molecule has 0 fully saturated rings. The third-order valence-electron chi connectivity index (χ3n) is 2.52. The summed E-state index contributed by atoms with van der Waals surface area (Å²) < 4.78 is 4.60. The van der Waals surface area contributed by atoms with Crippen LogP contribution < -0.4 is 4.90 Å². The van der Waals surface area contributed by atoms with E-state index in [1.54, 1.807) is 12.1 Å². The second-order valence-corrected chi connectivity index (χ2v) is 3.51. The molecule has 0 heterocycles. The zero-order valence-corrected chi connectivity index (χ0v) is 10.0. The lowest BCUT2D eigenvalue weighted by molar-refractivity contribution is -0.140. The lowest BCUT2D eigenvalue weighted by Crippen LogP contribution is -2.25. The summed E-state index contributed by atoms with van der Waals surface area (Å²) in [6.45, 7) is 3.38. The second kappa shape index (κ2) is 6.62. The van der Waals surface area contributed by atoms with Gasteiger partial charge in [-0.15, -0.1) is 4.91 Å². The van der Waals surface area contributed by atoms with Crippen LogP contribution in [0.3, 0.4) is 0 Å². The predicted octanol–water partition coefficient (Wildman–Crippen LogP) is 2.47. The molecule has 0 aromatic heterocycles. The first kappa shape index (κ1) is 13.2. The summed E-state index contributed by atoms with van der Waals surface area (Å²) in [4.78, 5) is 23.4. The number of anilines is 1. The normalized spacial score (nSPS) is 9.76. The Morgan fingerprint density at radius 3 is 2.47 bits per heavy atom. The quantitative estimate of drug-likeness (QED) is 0.562. The molecule has 5 nitrogen and oxygen atoms in total. The van der Waals surface area contributed by atoms with E-state index in [4.69, 9.17) is 0 Å². The Kier molecular flexibility index (Phi) is 5.13. The van der Waals surface area contributed by atoms with Gasteiger partial charge in [0.1, 0.15) is 5.69 Å². The summed E-state index contributed by atoms with van der Waals surface area (Å²) >= 11 is 0. The van der Waals surface area contributed by atoms with Gasteiger partial charge in [-0.3, -0.25) is 4.79 Å². The number of methoxy groups -OCH3 is 1. The van der Waals surface area contributed by atoms with Crippen LogP contribution in [-0.2, 0) is 9.53 Å². The molecule has 0 saturated carbocycles. The topological polar surface area (TPSA) is 59.0 Å². The highest BCUT2D eigenvalue weighted by Crippen LogP contribution is 2.19. The van der Waals surface area contributed by atoms with E-state index < -0.39 is 0 Å². The van der Waals surface area contributed by atoms with Crippen molar-refractivity contribution in [1.29, 1.82) is 0 Å². The van der Waals surface area contributed by atoms with Crippen molar-refractivity contribution in [2.24, 2.45) is 5.18 Å². The minimum absolute atomic E-state index is 0.227. The number of carbonyl (C=O) groups excluding carboxylic acids is 1. The maximum Gasteiger partial charge on any atom is 0.307 e. The monoisotopic (exact) mass is 236 g/mol. The van der Waals surface area contributed by atoms with Crippen LogP contribution in [-0.4, -0.2) is 26.2 Å². The summed E-state index contributed by atoms with van der Waals surface area (Å²) in [5, 5.41) is 2.84. The summed E-state index contributed by atoms with van der Waals surface area (Å²) in [5.74, 6) is -0.227. The fourth-order valence-electron chi connectivity index (χ4n) is 1.52. The molecular weight excluding hydrogens is 220 g/mol. The van der Waals surface area contributed by atoms with Crippen molar-refractivity contribution in [2.75, 3.05) is 25.1 Å². The van der Waals surface area contributed by atoms with Crippen LogP contribution in [0.4, 0.5) is 11.4 Å². The van der Waals surface area contributed by atoms with Gasteiger partial charge in [-0.2, -0.15) is 0 Å². The summed E-state index contributed by atoms with van der Waals surface area (Å²) in [6.07, 6.45) is 0.345.